The fraction of sp³-hybridized carbons (Fsp3) is 0.500. The number of hydrogen-bond acceptors (Lipinski definition) is 3. The molecule has 5 nitrogen and oxygen atoms in total. The molecule has 1 amide bonds. The molecule has 0 saturated carbocycles. The zero-order chi connectivity index (χ0) is 12.3. The van der Waals surface area contributed by atoms with Gasteiger partial charge in [-0.1, -0.05) is 19.1 Å². The molecule has 0 aliphatic heterocycles. The molecule has 88 valence electrons. The molecule has 0 radical (unpaired) electrons. The van der Waals surface area contributed by atoms with E-state index in [1.807, 2.05) is 13.8 Å². The van der Waals surface area contributed by atoms with Crippen LogP contribution in [-0.2, 0) is 11.8 Å². The van der Waals surface area contributed by atoms with Crippen LogP contribution in [0.3, 0.4) is 0 Å². The third-order valence-corrected chi connectivity index (χ3v) is 2.61. The van der Waals surface area contributed by atoms with Gasteiger partial charge in [-0.2, -0.15) is 5.10 Å². The zero-order valence-electron chi connectivity index (χ0n) is 9.65. The first-order valence-electron chi connectivity index (χ1n) is 5.06. The summed E-state index contributed by atoms with van der Waals surface area (Å²) in [5, 5.41) is 6.89. The lowest BCUT2D eigenvalue weighted by atomic mass is 10.1. The van der Waals surface area contributed by atoms with Crippen molar-refractivity contribution < 1.29 is 4.79 Å². The molecule has 1 unspecified atom stereocenters. The summed E-state index contributed by atoms with van der Waals surface area (Å²) in [4.78, 5) is 12.0. The number of carbonyl (C=O) groups excluding carboxylic acids is 1. The van der Waals surface area contributed by atoms with Gasteiger partial charge < -0.3 is 11.1 Å². The number of aromatic nitrogens is 2. The predicted molar refractivity (Wildman–Crippen MR) is 67.1 cm³/mol. The van der Waals surface area contributed by atoms with E-state index in [0.29, 0.717) is 12.2 Å². The number of nitrogens with zero attached hydrogens (tertiary/aromatic N) is 2. The summed E-state index contributed by atoms with van der Waals surface area (Å²) in [6.07, 6.45) is 0.595. The minimum atomic E-state index is -0.426. The number of carbonyl (C=O) groups is 1. The van der Waals surface area contributed by atoms with Crippen LogP contribution in [0.25, 0.3) is 0 Å². The van der Waals surface area contributed by atoms with Crippen LogP contribution in [0.5, 0.6) is 0 Å². The van der Waals surface area contributed by atoms with Crippen LogP contribution < -0.4 is 11.1 Å². The van der Waals surface area contributed by atoms with Crippen molar-refractivity contribution in [3.8, 4) is 0 Å². The molecule has 1 aromatic rings. The lowest BCUT2D eigenvalue weighted by Gasteiger charge is -2.13. The van der Waals surface area contributed by atoms with Crippen molar-refractivity contribution in [1.29, 1.82) is 0 Å². The van der Waals surface area contributed by atoms with Crippen molar-refractivity contribution in [2.45, 2.75) is 20.3 Å². The van der Waals surface area contributed by atoms with E-state index in [4.69, 9.17) is 18.0 Å². The molecule has 0 aliphatic carbocycles. The molecule has 3 N–H and O–H groups in total. The van der Waals surface area contributed by atoms with E-state index < -0.39 is 5.92 Å². The van der Waals surface area contributed by atoms with Gasteiger partial charge in [0.25, 0.3) is 0 Å². The molecule has 0 aliphatic rings. The normalized spacial score (nSPS) is 12.2. The Morgan fingerprint density at radius 2 is 2.38 bits per heavy atom. The van der Waals surface area contributed by atoms with Gasteiger partial charge >= 0.3 is 0 Å². The zero-order valence-corrected chi connectivity index (χ0v) is 10.5. The van der Waals surface area contributed by atoms with Crippen molar-refractivity contribution in [3.63, 3.8) is 0 Å². The fourth-order valence-corrected chi connectivity index (χ4v) is 1.73. The Kier molecular flexibility index (Phi) is 4.00. The van der Waals surface area contributed by atoms with E-state index in [1.165, 1.54) is 0 Å². The monoisotopic (exact) mass is 240 g/mol. The predicted octanol–water partition coefficient (Wildman–Crippen LogP) is 0.979. The van der Waals surface area contributed by atoms with Gasteiger partial charge in [0.15, 0.2) is 0 Å². The van der Waals surface area contributed by atoms with E-state index in [0.717, 1.165) is 5.69 Å². The summed E-state index contributed by atoms with van der Waals surface area (Å²) in [5.74, 6) is 0.0420. The van der Waals surface area contributed by atoms with Crippen molar-refractivity contribution in [3.05, 3.63) is 11.8 Å². The molecular formula is C10H16N4OS. The molecule has 0 saturated heterocycles. The Labute approximate surface area is 100 Å². The quantitative estimate of drug-likeness (QED) is 0.769. The van der Waals surface area contributed by atoms with Gasteiger partial charge in [-0.15, -0.1) is 0 Å². The second kappa shape index (κ2) is 5.07. The third-order valence-electron chi connectivity index (χ3n) is 2.32. The highest BCUT2D eigenvalue weighted by molar-refractivity contribution is 7.80. The summed E-state index contributed by atoms with van der Waals surface area (Å²) >= 11 is 4.84. The summed E-state index contributed by atoms with van der Waals surface area (Å²) in [5.41, 5.74) is 6.34. The van der Waals surface area contributed by atoms with Gasteiger partial charge in [0.2, 0.25) is 5.91 Å². The Hall–Kier alpha value is -1.43. The largest absolute Gasteiger partial charge is 0.393 e. The van der Waals surface area contributed by atoms with E-state index >= 15 is 0 Å². The van der Waals surface area contributed by atoms with Gasteiger partial charge in [-0.3, -0.25) is 9.48 Å². The van der Waals surface area contributed by atoms with Crippen molar-refractivity contribution in [1.82, 2.24) is 9.78 Å². The second-order valence-electron chi connectivity index (χ2n) is 3.65. The lowest BCUT2D eigenvalue weighted by molar-refractivity contribution is -0.118. The maximum atomic E-state index is 11.8. The van der Waals surface area contributed by atoms with Crippen LogP contribution in [-0.4, -0.2) is 20.7 Å². The minimum Gasteiger partial charge on any atom is -0.393 e. The Morgan fingerprint density at radius 1 is 1.75 bits per heavy atom. The maximum Gasteiger partial charge on any atom is 0.235 e. The highest BCUT2D eigenvalue weighted by Gasteiger charge is 2.20. The van der Waals surface area contributed by atoms with Gasteiger partial charge in [0.1, 0.15) is 5.82 Å². The second-order valence-corrected chi connectivity index (χ2v) is 4.12. The first kappa shape index (κ1) is 12.6. The minimum absolute atomic E-state index is 0.182. The van der Waals surface area contributed by atoms with Crippen molar-refractivity contribution in [2.75, 3.05) is 5.32 Å². The van der Waals surface area contributed by atoms with E-state index in [2.05, 4.69) is 10.4 Å². The van der Waals surface area contributed by atoms with Gasteiger partial charge in [-0.25, -0.2) is 0 Å². The lowest BCUT2D eigenvalue weighted by Crippen LogP contribution is -2.33. The topological polar surface area (TPSA) is 72.9 Å². The number of amides is 1. The fourth-order valence-electron chi connectivity index (χ4n) is 1.46. The average molecular weight is 240 g/mol. The number of nitrogens with one attached hydrogen (secondary N) is 1. The highest BCUT2D eigenvalue weighted by atomic mass is 32.1. The maximum absolute atomic E-state index is 11.8. The van der Waals surface area contributed by atoms with Crippen LogP contribution in [0.2, 0.25) is 0 Å². The molecule has 0 fully saturated rings. The molecule has 0 aromatic carbocycles. The average Bonchev–Trinajstić information content (AvgIpc) is 2.45. The number of hydrogen-bond donors (Lipinski definition) is 2. The van der Waals surface area contributed by atoms with E-state index in [1.54, 1.807) is 17.8 Å². The smallest absolute Gasteiger partial charge is 0.235 e. The molecule has 16 heavy (non-hydrogen) atoms. The summed E-state index contributed by atoms with van der Waals surface area (Å²) in [7, 11) is 1.77. The molecule has 1 heterocycles. The Morgan fingerprint density at radius 3 is 2.75 bits per heavy atom. The van der Waals surface area contributed by atoms with Crippen LogP contribution in [0.15, 0.2) is 6.07 Å². The first-order valence-corrected chi connectivity index (χ1v) is 5.47. The SMILES string of the molecule is CCC(C(=O)Nc1cc(C)nn1C)C(N)=S. The highest BCUT2D eigenvalue weighted by Crippen LogP contribution is 2.11. The van der Waals surface area contributed by atoms with Gasteiger partial charge in [0.05, 0.1) is 16.6 Å². The number of rotatable bonds is 4. The molecular weight excluding hydrogens is 224 g/mol. The molecule has 1 aromatic heterocycles. The molecule has 0 bridgehead atoms. The summed E-state index contributed by atoms with van der Waals surface area (Å²) in [6.45, 7) is 3.73. The third kappa shape index (κ3) is 2.79. The number of anilines is 1. The van der Waals surface area contributed by atoms with Crippen LogP contribution in [0.1, 0.15) is 19.0 Å². The molecule has 0 spiro atoms. The standard InChI is InChI=1S/C10H16N4OS/c1-4-7(9(11)16)10(15)12-8-5-6(2)13-14(8)3/h5,7H,4H2,1-3H3,(H2,11,16)(H,12,15). The van der Waals surface area contributed by atoms with E-state index in [-0.39, 0.29) is 10.9 Å². The van der Waals surface area contributed by atoms with Crippen LogP contribution >= 0.6 is 12.2 Å². The van der Waals surface area contributed by atoms with Crippen molar-refractivity contribution in [2.24, 2.45) is 18.7 Å². The number of thiocarbonyl (C=S) groups is 1. The van der Waals surface area contributed by atoms with Gasteiger partial charge in [-0.05, 0) is 13.3 Å². The number of aryl methyl sites for hydroxylation is 2. The molecule has 6 heteroatoms. The summed E-state index contributed by atoms with van der Waals surface area (Å²) < 4.78 is 1.61. The van der Waals surface area contributed by atoms with Crippen LogP contribution in [0.4, 0.5) is 5.82 Å². The van der Waals surface area contributed by atoms with Crippen molar-refractivity contribution >= 4 is 28.9 Å². The first-order chi connectivity index (χ1) is 7.45. The van der Waals surface area contributed by atoms with Gasteiger partial charge in [0, 0.05) is 13.1 Å². The molecule has 1 atom stereocenters. The Bertz CT molecular complexity index is 413. The summed E-state index contributed by atoms with van der Waals surface area (Å²) in [6, 6.07) is 1.80. The van der Waals surface area contributed by atoms with Crippen LogP contribution in [0, 0.1) is 12.8 Å². The van der Waals surface area contributed by atoms with E-state index in [9.17, 15) is 4.79 Å². The molecule has 1 rings (SSSR count). The number of nitrogens with two attached hydrogens (primary N) is 1. The Balaban J connectivity index is 2.77.